The van der Waals surface area contributed by atoms with E-state index in [2.05, 4.69) is 66.3 Å². The Labute approximate surface area is 380 Å². The highest BCUT2D eigenvalue weighted by molar-refractivity contribution is 7.90. The first-order chi connectivity index (χ1) is 30.9. The van der Waals surface area contributed by atoms with Gasteiger partial charge in [0.25, 0.3) is 0 Å². The highest BCUT2D eigenvalue weighted by Gasteiger charge is 2.34. The Bertz CT molecular complexity index is 2490. The SMILES string of the molecule is CCCCc1nc2c(N)nc3cc(C4CCN(C(=O)C5CCC(CN6C=C(CNC(=O)CCCC#Cc7cnc(S(C)(=O)=O)nc7)N(C)N6)CC5)CC4)sc3c2n1CC1CCOCC1. The van der Waals surface area contributed by atoms with Gasteiger partial charge >= 0.3 is 0 Å². The number of rotatable bonds is 15. The van der Waals surface area contributed by atoms with Gasteiger partial charge in [-0.15, -0.1) is 16.9 Å². The van der Waals surface area contributed by atoms with Crippen molar-refractivity contribution in [2.75, 3.05) is 58.4 Å². The van der Waals surface area contributed by atoms with E-state index in [1.165, 1.54) is 22.0 Å². The van der Waals surface area contributed by atoms with Crippen molar-refractivity contribution in [3.8, 4) is 11.8 Å². The second kappa shape index (κ2) is 20.6. The molecule has 2 saturated heterocycles. The van der Waals surface area contributed by atoms with E-state index in [4.69, 9.17) is 20.4 Å². The van der Waals surface area contributed by atoms with Gasteiger partial charge in [0, 0.05) is 101 Å². The molecule has 344 valence electrons. The van der Waals surface area contributed by atoms with Crippen LogP contribution in [0.5, 0.6) is 0 Å². The number of aryl methyl sites for hydroxylation is 1. The number of hydrogen-bond donors (Lipinski definition) is 3. The Kier molecular flexibility index (Phi) is 14.7. The Morgan fingerprint density at radius 2 is 1.73 bits per heavy atom. The number of nitrogens with one attached hydrogen (secondary N) is 2. The molecule has 3 aliphatic heterocycles. The highest BCUT2D eigenvalue weighted by Crippen LogP contribution is 2.41. The number of thiophene rings is 1. The number of ether oxygens (including phenoxy) is 1. The van der Waals surface area contributed by atoms with E-state index in [-0.39, 0.29) is 17.0 Å². The predicted molar refractivity (Wildman–Crippen MR) is 248 cm³/mol. The molecule has 4 aliphatic rings. The second-order valence-electron chi connectivity index (χ2n) is 18.1. The monoisotopic (exact) mass is 913 g/mol. The first-order valence-electron chi connectivity index (χ1n) is 23.1. The van der Waals surface area contributed by atoms with Crippen LogP contribution >= 0.6 is 11.3 Å². The predicted octanol–water partition coefficient (Wildman–Crippen LogP) is 5.55. The van der Waals surface area contributed by atoms with Gasteiger partial charge in [-0.05, 0) is 88.0 Å². The van der Waals surface area contributed by atoms with Gasteiger partial charge in [-0.25, -0.2) is 28.4 Å². The van der Waals surface area contributed by atoms with Crippen molar-refractivity contribution in [1.29, 1.82) is 0 Å². The third-order valence-electron chi connectivity index (χ3n) is 13.3. The van der Waals surface area contributed by atoms with E-state index in [0.29, 0.717) is 60.8 Å². The summed E-state index contributed by atoms with van der Waals surface area (Å²) in [5, 5.41) is 6.80. The number of nitrogens with two attached hydrogens (primary N) is 1. The third-order valence-corrected chi connectivity index (χ3v) is 15.4. The van der Waals surface area contributed by atoms with E-state index in [0.717, 1.165) is 144 Å². The number of likely N-dealkylation sites (N-methyl/N-ethyl adjacent to an activating group) is 1. The molecule has 0 aromatic carbocycles. The van der Waals surface area contributed by atoms with E-state index in [9.17, 15) is 18.0 Å². The highest BCUT2D eigenvalue weighted by atomic mass is 32.2. The summed E-state index contributed by atoms with van der Waals surface area (Å²) >= 11 is 1.85. The van der Waals surface area contributed by atoms with Gasteiger partial charge in [0.1, 0.15) is 11.3 Å². The number of unbranched alkanes of at least 4 members (excludes halogenated alkanes) is 2. The normalized spacial score (nSPS) is 20.2. The Hall–Kier alpha value is -4.83. The lowest BCUT2D eigenvalue weighted by Crippen LogP contribution is -2.44. The molecule has 7 heterocycles. The van der Waals surface area contributed by atoms with Crippen LogP contribution in [0.4, 0.5) is 5.82 Å². The topological polar surface area (TPSA) is 194 Å². The van der Waals surface area contributed by atoms with Crippen LogP contribution in [0.3, 0.4) is 0 Å². The first kappa shape index (κ1) is 45.7. The molecule has 0 atom stereocenters. The maximum atomic E-state index is 13.8. The lowest BCUT2D eigenvalue weighted by Gasteiger charge is -2.36. The van der Waals surface area contributed by atoms with Gasteiger partial charge in [0.15, 0.2) is 5.82 Å². The quantitative estimate of drug-likeness (QED) is 0.0765. The zero-order valence-corrected chi connectivity index (χ0v) is 39.1. The number of likely N-dealkylation sites (tertiary alicyclic amines) is 1. The van der Waals surface area contributed by atoms with Gasteiger partial charge in [-0.1, -0.05) is 25.2 Å². The molecule has 16 nitrogen and oxygen atoms in total. The molecule has 1 saturated carbocycles. The number of amides is 2. The first-order valence-corrected chi connectivity index (χ1v) is 25.8. The van der Waals surface area contributed by atoms with Gasteiger partial charge < -0.3 is 25.3 Å². The van der Waals surface area contributed by atoms with E-state index >= 15 is 0 Å². The molecular formula is C46H63N11O5S2. The number of hydrogen-bond acceptors (Lipinski definition) is 14. The number of hydrazine groups is 2. The van der Waals surface area contributed by atoms with Crippen molar-refractivity contribution in [1.82, 2.24) is 50.3 Å². The number of carbonyl (C=O) groups excluding carboxylic acids is 2. The second-order valence-corrected chi connectivity index (χ2v) is 21.1. The summed E-state index contributed by atoms with van der Waals surface area (Å²) in [6, 6.07) is 2.25. The summed E-state index contributed by atoms with van der Waals surface area (Å²) in [5.41, 5.74) is 14.4. The van der Waals surface area contributed by atoms with Crippen molar-refractivity contribution < 1.29 is 22.7 Å². The third kappa shape index (κ3) is 11.0. The largest absolute Gasteiger partial charge is 0.382 e. The Morgan fingerprint density at radius 1 is 1.00 bits per heavy atom. The van der Waals surface area contributed by atoms with Gasteiger partial charge in [0.2, 0.25) is 26.8 Å². The van der Waals surface area contributed by atoms with Crippen molar-refractivity contribution in [3.05, 3.63) is 46.6 Å². The van der Waals surface area contributed by atoms with Crippen LogP contribution in [-0.4, -0.2) is 112 Å². The van der Waals surface area contributed by atoms with Crippen molar-refractivity contribution >= 4 is 60.1 Å². The molecule has 0 radical (unpaired) electrons. The Morgan fingerprint density at radius 3 is 2.45 bits per heavy atom. The number of aromatic nitrogens is 5. The number of fused-ring (bicyclic) bond motifs is 3. The number of nitrogen functional groups attached to an aromatic ring is 1. The van der Waals surface area contributed by atoms with Crippen molar-refractivity contribution in [2.45, 2.75) is 114 Å². The molecule has 2 amide bonds. The van der Waals surface area contributed by atoms with Crippen molar-refractivity contribution in [3.63, 3.8) is 0 Å². The average Bonchev–Trinajstić information content (AvgIpc) is 3.99. The van der Waals surface area contributed by atoms with Crippen LogP contribution < -0.4 is 16.6 Å². The number of sulfone groups is 1. The minimum absolute atomic E-state index is 0.0479. The molecule has 0 bridgehead atoms. The fourth-order valence-corrected chi connectivity index (χ4v) is 11.3. The number of carbonyl (C=O) groups is 2. The number of nitrogens with zero attached hydrogens (tertiary/aromatic N) is 8. The van der Waals surface area contributed by atoms with E-state index in [1.54, 1.807) is 0 Å². The number of piperidine rings is 1. The molecule has 3 fully saturated rings. The molecule has 4 aromatic heterocycles. The van der Waals surface area contributed by atoms with Gasteiger partial charge in [-0.2, -0.15) is 0 Å². The zero-order valence-electron chi connectivity index (χ0n) is 37.5. The fraction of sp³-hybridized carbons (Fsp3) is 0.609. The molecule has 1 aliphatic carbocycles. The molecule has 4 N–H and O–H groups in total. The Balaban J connectivity index is 0.776. The molecule has 64 heavy (non-hydrogen) atoms. The fourth-order valence-electron chi connectivity index (χ4n) is 9.53. The van der Waals surface area contributed by atoms with Crippen LogP contribution in [0, 0.1) is 29.6 Å². The maximum absolute atomic E-state index is 13.8. The molecule has 8 rings (SSSR count). The summed E-state index contributed by atoms with van der Waals surface area (Å²) < 4.78 is 32.4. The summed E-state index contributed by atoms with van der Waals surface area (Å²) in [5.74, 6) is 9.33. The minimum Gasteiger partial charge on any atom is -0.382 e. The van der Waals surface area contributed by atoms with E-state index < -0.39 is 9.84 Å². The maximum Gasteiger partial charge on any atom is 0.246 e. The van der Waals surface area contributed by atoms with Crippen LogP contribution in [0.1, 0.15) is 113 Å². The zero-order chi connectivity index (χ0) is 44.8. The lowest BCUT2D eigenvalue weighted by atomic mass is 9.81. The van der Waals surface area contributed by atoms with Gasteiger partial charge in [0.05, 0.1) is 33.5 Å². The van der Waals surface area contributed by atoms with Crippen molar-refractivity contribution in [2.24, 2.45) is 17.8 Å². The summed E-state index contributed by atoms with van der Waals surface area (Å²) in [6.45, 7) is 7.63. The molecule has 0 spiro atoms. The number of imidazole rings is 1. The summed E-state index contributed by atoms with van der Waals surface area (Å²) in [7, 11) is -1.51. The number of anilines is 1. The van der Waals surface area contributed by atoms with Gasteiger partial charge in [-0.3, -0.25) is 19.6 Å². The van der Waals surface area contributed by atoms with Crippen LogP contribution in [0.15, 0.2) is 35.5 Å². The molecular weight excluding hydrogens is 851 g/mol. The summed E-state index contributed by atoms with van der Waals surface area (Å²) in [6.07, 6.45) is 18.4. The smallest absolute Gasteiger partial charge is 0.246 e. The summed E-state index contributed by atoms with van der Waals surface area (Å²) in [4.78, 5) is 47.5. The van der Waals surface area contributed by atoms with Crippen LogP contribution in [-0.2, 0) is 37.1 Å². The van der Waals surface area contributed by atoms with Crippen LogP contribution in [0.25, 0.3) is 21.3 Å². The lowest BCUT2D eigenvalue weighted by molar-refractivity contribution is -0.138. The molecule has 0 unspecified atom stereocenters. The minimum atomic E-state index is -3.46. The number of pyridine rings is 1. The standard InChI is InChI=1S/C46H63N11O5S2/c1-4-5-10-39-52-41-42(57(39)29-32-18-22-62-23-19-32)43-37(51-44(41)47)24-38(63-43)34-16-20-55(21-17-34)45(59)35-14-12-31(13-15-35)28-56-30-36(54(2)53-56)27-48-40(58)11-8-6-7-9-33-25-49-46(50-26-33)64(3,60)61/h24-26,30-32,34-35,53H,4-6,8,10-23,27-29H2,1-3H3,(H2,47,51)(H,48,58). The van der Waals surface area contributed by atoms with Crippen LogP contribution in [0.2, 0.25) is 0 Å². The molecule has 4 aromatic rings. The molecule has 18 heteroatoms. The average molecular weight is 914 g/mol. The van der Waals surface area contributed by atoms with E-state index in [1.807, 2.05) is 23.4 Å².